The number of amides is 2. The minimum absolute atomic E-state index is 0.159. The Morgan fingerprint density at radius 2 is 1.57 bits per heavy atom. The summed E-state index contributed by atoms with van der Waals surface area (Å²) in [6.45, 7) is 3.52. The SMILES string of the molecule is Cn1c(=O)c(NC(=O)[C@H](CCc2ccccc2)NC(=O)[C@@H](N)CCC[N+](C)(CCN)CCN)cc2ccccc21. The highest BCUT2D eigenvalue weighted by atomic mass is 16.2. The van der Waals surface area contributed by atoms with E-state index in [9.17, 15) is 14.4 Å². The molecule has 0 saturated heterocycles. The van der Waals surface area contributed by atoms with E-state index in [2.05, 4.69) is 17.7 Å². The second-order valence-corrected chi connectivity index (χ2v) is 10.7. The van der Waals surface area contributed by atoms with Gasteiger partial charge in [-0.15, -0.1) is 0 Å². The number of nitrogens with one attached hydrogen (secondary N) is 2. The summed E-state index contributed by atoms with van der Waals surface area (Å²) in [6, 6.07) is 17.2. The summed E-state index contributed by atoms with van der Waals surface area (Å²) in [6.07, 6.45) is 2.11. The van der Waals surface area contributed by atoms with Crippen LogP contribution in [0.1, 0.15) is 24.8 Å². The Bertz CT molecular complexity index is 1320. The van der Waals surface area contributed by atoms with Crippen LogP contribution in [0, 0.1) is 0 Å². The number of hydrogen-bond donors (Lipinski definition) is 5. The van der Waals surface area contributed by atoms with Gasteiger partial charge in [-0.2, -0.15) is 0 Å². The third-order valence-electron chi connectivity index (χ3n) is 7.48. The van der Waals surface area contributed by atoms with Crippen molar-refractivity contribution in [3.05, 3.63) is 76.6 Å². The molecule has 1 aromatic heterocycles. The van der Waals surface area contributed by atoms with Gasteiger partial charge in [0.1, 0.15) is 11.7 Å². The number of para-hydroxylation sites is 1. The van der Waals surface area contributed by atoms with Crippen molar-refractivity contribution in [2.75, 3.05) is 45.1 Å². The van der Waals surface area contributed by atoms with Crippen LogP contribution < -0.4 is 33.4 Å². The van der Waals surface area contributed by atoms with Crippen molar-refractivity contribution in [1.82, 2.24) is 9.88 Å². The highest BCUT2D eigenvalue weighted by Crippen LogP contribution is 2.16. The van der Waals surface area contributed by atoms with Gasteiger partial charge in [-0.1, -0.05) is 48.5 Å². The zero-order chi connectivity index (χ0) is 29.1. The predicted octanol–water partition coefficient (Wildman–Crippen LogP) is 1.07. The van der Waals surface area contributed by atoms with E-state index in [1.54, 1.807) is 13.1 Å². The van der Waals surface area contributed by atoms with Crippen LogP contribution in [-0.4, -0.2) is 72.7 Å². The molecule has 0 aliphatic carbocycles. The molecule has 0 aliphatic heterocycles. The van der Waals surface area contributed by atoms with E-state index in [0.717, 1.165) is 47.0 Å². The molecule has 3 rings (SSSR count). The molecule has 8 N–H and O–H groups in total. The van der Waals surface area contributed by atoms with Crippen LogP contribution in [0.2, 0.25) is 0 Å². The maximum Gasteiger partial charge on any atom is 0.274 e. The Kier molecular flexibility index (Phi) is 11.4. The van der Waals surface area contributed by atoms with Gasteiger partial charge in [0, 0.05) is 25.5 Å². The van der Waals surface area contributed by atoms with E-state index in [4.69, 9.17) is 17.2 Å². The standard InChI is InChI=1S/C30H43N7O3/c1-36-27-13-7-6-11-23(27)21-26(30(36)40)35-29(39)25(15-14-22-9-4-3-5-10-22)34-28(38)24(33)12-8-18-37(2,19-16-31)20-17-32/h3-7,9-11,13,21,24-25H,8,12,14-20,31-33H2,1-2H3,(H-,34,35,38,39)/p+1/t24-,25-/m0/s1. The highest BCUT2D eigenvalue weighted by Gasteiger charge is 2.26. The summed E-state index contributed by atoms with van der Waals surface area (Å²) in [5.41, 5.74) is 19.4. The van der Waals surface area contributed by atoms with Crippen molar-refractivity contribution in [2.24, 2.45) is 24.2 Å². The summed E-state index contributed by atoms with van der Waals surface area (Å²) in [5.74, 6) is -0.856. The number of pyridine rings is 1. The minimum atomic E-state index is -0.870. The molecule has 1 heterocycles. The van der Waals surface area contributed by atoms with Crippen LogP contribution in [0.5, 0.6) is 0 Å². The summed E-state index contributed by atoms with van der Waals surface area (Å²) in [5, 5.41) is 6.43. The minimum Gasteiger partial charge on any atom is -0.343 e. The number of nitrogens with two attached hydrogens (primary N) is 3. The first-order valence-corrected chi connectivity index (χ1v) is 13.9. The van der Waals surface area contributed by atoms with Crippen LogP contribution in [-0.2, 0) is 23.1 Å². The van der Waals surface area contributed by atoms with Crippen molar-refractivity contribution < 1.29 is 14.1 Å². The van der Waals surface area contributed by atoms with Crippen molar-refractivity contribution >= 4 is 28.4 Å². The zero-order valence-electron chi connectivity index (χ0n) is 23.6. The Balaban J connectivity index is 1.71. The van der Waals surface area contributed by atoms with E-state index >= 15 is 0 Å². The lowest BCUT2D eigenvalue weighted by Crippen LogP contribution is -2.52. The Morgan fingerprint density at radius 1 is 0.925 bits per heavy atom. The van der Waals surface area contributed by atoms with Crippen LogP contribution in [0.4, 0.5) is 5.69 Å². The molecule has 40 heavy (non-hydrogen) atoms. The molecule has 0 fully saturated rings. The molecule has 10 heteroatoms. The Morgan fingerprint density at radius 3 is 2.25 bits per heavy atom. The number of carbonyl (C=O) groups excluding carboxylic acids is 2. The first kappa shape index (κ1) is 31.0. The number of aryl methyl sites for hydroxylation is 2. The maximum absolute atomic E-state index is 13.4. The molecule has 0 spiro atoms. The molecule has 2 aromatic carbocycles. The van der Waals surface area contributed by atoms with E-state index < -0.39 is 23.9 Å². The smallest absolute Gasteiger partial charge is 0.274 e. The number of hydrogen-bond acceptors (Lipinski definition) is 6. The monoisotopic (exact) mass is 550 g/mol. The second-order valence-electron chi connectivity index (χ2n) is 10.7. The van der Waals surface area contributed by atoms with E-state index in [1.165, 1.54) is 4.57 Å². The third-order valence-corrected chi connectivity index (χ3v) is 7.48. The average molecular weight is 551 g/mol. The number of carbonyl (C=O) groups is 2. The third kappa shape index (κ3) is 8.46. The fourth-order valence-electron chi connectivity index (χ4n) is 5.02. The summed E-state index contributed by atoms with van der Waals surface area (Å²) in [4.78, 5) is 39.5. The number of benzene rings is 2. The normalized spacial score (nSPS) is 13.1. The van der Waals surface area contributed by atoms with Gasteiger partial charge in [-0.05, 0) is 43.4 Å². The average Bonchev–Trinajstić information content (AvgIpc) is 2.94. The molecule has 0 unspecified atom stereocenters. The summed E-state index contributed by atoms with van der Waals surface area (Å²) in [7, 11) is 3.77. The number of anilines is 1. The number of fused-ring (bicyclic) bond motifs is 1. The van der Waals surface area contributed by atoms with E-state index in [0.29, 0.717) is 32.4 Å². The molecule has 0 saturated carbocycles. The highest BCUT2D eigenvalue weighted by molar-refractivity contribution is 5.99. The fraction of sp³-hybridized carbons (Fsp3) is 0.433. The second kappa shape index (κ2) is 14.7. The zero-order valence-corrected chi connectivity index (χ0v) is 23.6. The largest absolute Gasteiger partial charge is 0.343 e. The Labute approximate surface area is 236 Å². The van der Waals surface area contributed by atoms with Crippen LogP contribution in [0.3, 0.4) is 0 Å². The summed E-state index contributed by atoms with van der Waals surface area (Å²) >= 11 is 0. The van der Waals surface area contributed by atoms with Crippen molar-refractivity contribution in [3.8, 4) is 0 Å². The van der Waals surface area contributed by atoms with Gasteiger partial charge in [0.15, 0.2) is 0 Å². The number of aromatic nitrogens is 1. The molecule has 2 amide bonds. The topological polar surface area (TPSA) is 158 Å². The van der Waals surface area contributed by atoms with Crippen molar-refractivity contribution in [1.29, 1.82) is 0 Å². The van der Waals surface area contributed by atoms with Gasteiger partial charge in [0.05, 0.1) is 38.2 Å². The van der Waals surface area contributed by atoms with Crippen LogP contribution in [0.25, 0.3) is 10.9 Å². The van der Waals surface area contributed by atoms with Gasteiger partial charge in [-0.3, -0.25) is 14.4 Å². The molecular weight excluding hydrogens is 506 g/mol. The summed E-state index contributed by atoms with van der Waals surface area (Å²) < 4.78 is 2.23. The lowest BCUT2D eigenvalue weighted by atomic mass is 10.0. The predicted molar refractivity (Wildman–Crippen MR) is 161 cm³/mol. The van der Waals surface area contributed by atoms with Crippen LogP contribution in [0.15, 0.2) is 65.5 Å². The lowest BCUT2D eigenvalue weighted by Gasteiger charge is -2.34. The number of likely N-dealkylation sites (N-methyl/N-ethyl adjacent to an activating group) is 1. The molecule has 3 aromatic rings. The Hall–Kier alpha value is -3.57. The quantitative estimate of drug-likeness (QED) is 0.178. The number of nitrogens with zero attached hydrogens (tertiary/aromatic N) is 2. The van der Waals surface area contributed by atoms with Crippen molar-refractivity contribution in [2.45, 2.75) is 37.8 Å². The first-order chi connectivity index (χ1) is 19.2. The van der Waals surface area contributed by atoms with E-state index in [1.807, 2.05) is 54.6 Å². The molecule has 10 nitrogen and oxygen atoms in total. The molecule has 2 atom stereocenters. The van der Waals surface area contributed by atoms with Gasteiger partial charge in [0.2, 0.25) is 11.8 Å². The molecule has 216 valence electrons. The number of rotatable bonds is 15. The van der Waals surface area contributed by atoms with Crippen molar-refractivity contribution in [3.63, 3.8) is 0 Å². The lowest BCUT2D eigenvalue weighted by molar-refractivity contribution is -0.907. The molecule has 0 bridgehead atoms. The van der Waals surface area contributed by atoms with E-state index in [-0.39, 0.29) is 11.2 Å². The van der Waals surface area contributed by atoms with Gasteiger partial charge >= 0.3 is 0 Å². The van der Waals surface area contributed by atoms with Gasteiger partial charge in [-0.25, -0.2) is 0 Å². The molecule has 0 aliphatic rings. The molecule has 0 radical (unpaired) electrons. The molecular formula is C30H44N7O3+. The maximum atomic E-state index is 13.4. The number of quaternary nitrogens is 1. The van der Waals surface area contributed by atoms with Gasteiger partial charge in [0.25, 0.3) is 5.56 Å². The van der Waals surface area contributed by atoms with Gasteiger partial charge < -0.3 is 36.9 Å². The first-order valence-electron chi connectivity index (χ1n) is 13.9. The fourth-order valence-corrected chi connectivity index (χ4v) is 5.02. The van der Waals surface area contributed by atoms with Crippen LogP contribution >= 0.6 is 0 Å².